The Morgan fingerprint density at radius 2 is 1.81 bits per heavy atom. The summed E-state index contributed by atoms with van der Waals surface area (Å²) in [5, 5.41) is 10.6. The molecule has 4 aromatic rings. The molecular formula is C24H21ClN4O2S. The SMILES string of the molecule is Cc1ccc(-c2n[nH]c(=S)n2CC(=O)Nc2ccc(OCc3ccccc3Cl)cc2)cc1. The summed E-state index contributed by atoms with van der Waals surface area (Å²) in [5.41, 5.74) is 3.60. The van der Waals surface area contributed by atoms with E-state index >= 15 is 0 Å². The van der Waals surface area contributed by atoms with Gasteiger partial charge in [0.25, 0.3) is 0 Å². The van der Waals surface area contributed by atoms with Gasteiger partial charge in [-0.15, -0.1) is 0 Å². The maximum absolute atomic E-state index is 12.6. The van der Waals surface area contributed by atoms with Crippen LogP contribution in [0.5, 0.6) is 5.75 Å². The van der Waals surface area contributed by atoms with Crippen LogP contribution in [0.15, 0.2) is 72.8 Å². The van der Waals surface area contributed by atoms with Gasteiger partial charge >= 0.3 is 0 Å². The zero-order chi connectivity index (χ0) is 22.5. The minimum Gasteiger partial charge on any atom is -0.489 e. The average Bonchev–Trinajstić information content (AvgIpc) is 3.15. The monoisotopic (exact) mass is 464 g/mol. The van der Waals surface area contributed by atoms with Crippen LogP contribution in [0.25, 0.3) is 11.4 Å². The zero-order valence-electron chi connectivity index (χ0n) is 17.3. The lowest BCUT2D eigenvalue weighted by atomic mass is 10.1. The summed E-state index contributed by atoms with van der Waals surface area (Å²) in [6.45, 7) is 2.43. The van der Waals surface area contributed by atoms with Crippen molar-refractivity contribution >= 4 is 35.4 Å². The predicted molar refractivity (Wildman–Crippen MR) is 128 cm³/mol. The lowest BCUT2D eigenvalue weighted by Crippen LogP contribution is -2.19. The molecule has 0 aliphatic heterocycles. The summed E-state index contributed by atoms with van der Waals surface area (Å²) in [6.07, 6.45) is 0. The van der Waals surface area contributed by atoms with Crippen LogP contribution in [0.4, 0.5) is 5.69 Å². The molecular weight excluding hydrogens is 444 g/mol. The van der Waals surface area contributed by atoms with Crippen LogP contribution < -0.4 is 10.1 Å². The molecule has 32 heavy (non-hydrogen) atoms. The van der Waals surface area contributed by atoms with Gasteiger partial charge in [-0.2, -0.15) is 5.10 Å². The van der Waals surface area contributed by atoms with Crippen molar-refractivity contribution in [2.75, 3.05) is 5.32 Å². The number of aromatic amines is 1. The number of carbonyl (C=O) groups is 1. The van der Waals surface area contributed by atoms with Crippen molar-refractivity contribution in [2.45, 2.75) is 20.1 Å². The molecule has 0 unspecified atom stereocenters. The van der Waals surface area contributed by atoms with Gasteiger partial charge in [0, 0.05) is 21.8 Å². The number of nitrogens with one attached hydrogen (secondary N) is 2. The van der Waals surface area contributed by atoms with Crippen LogP contribution in [0.3, 0.4) is 0 Å². The first-order valence-electron chi connectivity index (χ1n) is 9.98. The zero-order valence-corrected chi connectivity index (χ0v) is 18.9. The Balaban J connectivity index is 1.39. The second-order valence-corrected chi connectivity index (χ2v) is 8.05. The normalized spacial score (nSPS) is 10.7. The summed E-state index contributed by atoms with van der Waals surface area (Å²) in [4.78, 5) is 12.6. The molecule has 0 atom stereocenters. The molecule has 1 aromatic heterocycles. The van der Waals surface area contributed by atoms with Gasteiger partial charge in [0.15, 0.2) is 10.6 Å². The van der Waals surface area contributed by atoms with Crippen LogP contribution in [0.2, 0.25) is 5.02 Å². The fourth-order valence-corrected chi connectivity index (χ4v) is 3.53. The second-order valence-electron chi connectivity index (χ2n) is 7.26. The molecule has 0 spiro atoms. The highest BCUT2D eigenvalue weighted by Gasteiger charge is 2.13. The predicted octanol–water partition coefficient (Wildman–Crippen LogP) is 5.79. The Hall–Kier alpha value is -3.42. The van der Waals surface area contributed by atoms with Crippen LogP contribution in [-0.4, -0.2) is 20.7 Å². The minimum absolute atomic E-state index is 0.0449. The maximum Gasteiger partial charge on any atom is 0.244 e. The molecule has 3 aromatic carbocycles. The van der Waals surface area contributed by atoms with E-state index in [0.717, 1.165) is 16.7 Å². The van der Waals surface area contributed by atoms with Gasteiger partial charge < -0.3 is 10.1 Å². The third kappa shape index (κ3) is 5.25. The Labute approximate surface area is 195 Å². The molecule has 6 nitrogen and oxygen atoms in total. The molecule has 1 amide bonds. The molecule has 2 N–H and O–H groups in total. The van der Waals surface area contributed by atoms with Gasteiger partial charge in [0.05, 0.1) is 0 Å². The number of anilines is 1. The van der Waals surface area contributed by atoms with E-state index in [9.17, 15) is 4.79 Å². The molecule has 0 aliphatic carbocycles. The van der Waals surface area contributed by atoms with Gasteiger partial charge in [-0.05, 0) is 49.5 Å². The van der Waals surface area contributed by atoms with E-state index in [1.807, 2.05) is 55.5 Å². The van der Waals surface area contributed by atoms with E-state index in [1.54, 1.807) is 28.8 Å². The molecule has 0 saturated heterocycles. The Bertz CT molecular complexity index is 1280. The Kier molecular flexibility index (Phi) is 6.68. The van der Waals surface area contributed by atoms with Crippen molar-refractivity contribution < 1.29 is 9.53 Å². The van der Waals surface area contributed by atoms with E-state index in [0.29, 0.717) is 33.7 Å². The lowest BCUT2D eigenvalue weighted by molar-refractivity contribution is -0.116. The number of hydrogen-bond acceptors (Lipinski definition) is 4. The highest BCUT2D eigenvalue weighted by Crippen LogP contribution is 2.21. The number of amides is 1. The van der Waals surface area contributed by atoms with E-state index in [-0.39, 0.29) is 12.5 Å². The fourth-order valence-electron chi connectivity index (χ4n) is 3.14. The Morgan fingerprint density at radius 1 is 1.09 bits per heavy atom. The average molecular weight is 465 g/mol. The number of carbonyl (C=O) groups excluding carboxylic acids is 1. The van der Waals surface area contributed by atoms with Crippen molar-refractivity contribution in [2.24, 2.45) is 0 Å². The number of hydrogen-bond donors (Lipinski definition) is 2. The van der Waals surface area contributed by atoms with Crippen molar-refractivity contribution in [3.63, 3.8) is 0 Å². The number of benzene rings is 3. The van der Waals surface area contributed by atoms with Gasteiger partial charge in [-0.1, -0.05) is 59.6 Å². The first-order valence-corrected chi connectivity index (χ1v) is 10.8. The van der Waals surface area contributed by atoms with Gasteiger partial charge in [-0.3, -0.25) is 14.5 Å². The van der Waals surface area contributed by atoms with Crippen LogP contribution in [-0.2, 0) is 17.9 Å². The van der Waals surface area contributed by atoms with E-state index in [4.69, 9.17) is 28.6 Å². The Morgan fingerprint density at radius 3 is 2.53 bits per heavy atom. The smallest absolute Gasteiger partial charge is 0.244 e. The molecule has 0 aliphatic rings. The van der Waals surface area contributed by atoms with E-state index in [2.05, 4.69) is 15.5 Å². The summed E-state index contributed by atoms with van der Waals surface area (Å²) in [6, 6.07) is 22.6. The summed E-state index contributed by atoms with van der Waals surface area (Å²) in [7, 11) is 0. The van der Waals surface area contributed by atoms with Crippen molar-refractivity contribution in [3.05, 3.63) is 93.7 Å². The number of rotatable bonds is 7. The van der Waals surface area contributed by atoms with Crippen molar-refractivity contribution in [3.8, 4) is 17.1 Å². The summed E-state index contributed by atoms with van der Waals surface area (Å²) >= 11 is 11.5. The molecule has 0 saturated carbocycles. The first-order chi connectivity index (χ1) is 15.5. The van der Waals surface area contributed by atoms with Crippen LogP contribution >= 0.6 is 23.8 Å². The van der Waals surface area contributed by atoms with Crippen molar-refractivity contribution in [1.82, 2.24) is 14.8 Å². The third-order valence-corrected chi connectivity index (χ3v) is 5.54. The number of nitrogens with zero attached hydrogens (tertiary/aromatic N) is 2. The summed E-state index contributed by atoms with van der Waals surface area (Å²) < 4.78 is 7.84. The number of H-pyrrole nitrogens is 1. The van der Waals surface area contributed by atoms with Gasteiger partial charge in [-0.25, -0.2) is 0 Å². The topological polar surface area (TPSA) is 71.9 Å². The molecule has 0 bridgehead atoms. The molecule has 0 radical (unpaired) electrons. The first kappa shape index (κ1) is 21.8. The maximum atomic E-state index is 12.6. The molecule has 0 fully saturated rings. The third-order valence-electron chi connectivity index (χ3n) is 4.86. The van der Waals surface area contributed by atoms with Gasteiger partial charge in [0.2, 0.25) is 5.91 Å². The minimum atomic E-state index is -0.208. The quantitative estimate of drug-likeness (QED) is 0.340. The number of aromatic nitrogens is 3. The number of ether oxygens (including phenoxy) is 1. The number of aryl methyl sites for hydroxylation is 1. The molecule has 162 valence electrons. The summed E-state index contributed by atoms with van der Waals surface area (Å²) in [5.74, 6) is 1.09. The highest BCUT2D eigenvalue weighted by atomic mass is 35.5. The largest absolute Gasteiger partial charge is 0.489 e. The molecule has 4 rings (SSSR count). The van der Waals surface area contributed by atoms with Crippen LogP contribution in [0.1, 0.15) is 11.1 Å². The fraction of sp³-hybridized carbons (Fsp3) is 0.125. The lowest BCUT2D eigenvalue weighted by Gasteiger charge is -2.10. The molecule has 8 heteroatoms. The van der Waals surface area contributed by atoms with Gasteiger partial charge in [0.1, 0.15) is 18.9 Å². The van der Waals surface area contributed by atoms with E-state index < -0.39 is 0 Å². The standard InChI is InChI=1S/C24H21ClN4O2S/c1-16-6-8-17(9-7-16)23-27-28-24(32)29(23)14-22(30)26-19-10-12-20(13-11-19)31-15-18-4-2-3-5-21(18)25/h2-13H,14-15H2,1H3,(H,26,30)(H,28,32). The van der Waals surface area contributed by atoms with Crippen molar-refractivity contribution in [1.29, 1.82) is 0 Å². The number of halogens is 1. The highest BCUT2D eigenvalue weighted by molar-refractivity contribution is 7.71. The van der Waals surface area contributed by atoms with E-state index in [1.165, 1.54) is 0 Å². The molecule has 1 heterocycles. The van der Waals surface area contributed by atoms with Crippen LogP contribution in [0, 0.1) is 11.7 Å². The second kappa shape index (κ2) is 9.80.